The Balaban J connectivity index is 1.56. The van der Waals surface area contributed by atoms with Gasteiger partial charge in [0.25, 0.3) is 0 Å². The molecule has 1 amide bonds. The number of carboxylic acids is 1. The molecular formula is C35H35Cl2N3O4. The van der Waals surface area contributed by atoms with Gasteiger partial charge in [-0.25, -0.2) is 9.78 Å². The Labute approximate surface area is 268 Å². The van der Waals surface area contributed by atoms with Crippen molar-refractivity contribution in [3.8, 4) is 29.4 Å². The normalized spacial score (nSPS) is 11.5. The van der Waals surface area contributed by atoms with Crippen molar-refractivity contribution in [1.29, 1.82) is 0 Å². The van der Waals surface area contributed by atoms with Crippen molar-refractivity contribution in [3.63, 3.8) is 0 Å². The molecule has 7 nitrogen and oxygen atoms in total. The van der Waals surface area contributed by atoms with Crippen LogP contribution in [0.3, 0.4) is 0 Å². The topological polar surface area (TPSA) is 93.4 Å². The minimum atomic E-state index is -0.965. The summed E-state index contributed by atoms with van der Waals surface area (Å²) < 4.78 is 8.02. The zero-order chi connectivity index (χ0) is 31.5. The van der Waals surface area contributed by atoms with Gasteiger partial charge >= 0.3 is 5.97 Å². The van der Waals surface area contributed by atoms with Crippen LogP contribution in [0.4, 0.5) is 0 Å². The number of amides is 1. The van der Waals surface area contributed by atoms with E-state index in [-0.39, 0.29) is 11.5 Å². The highest BCUT2D eigenvalue weighted by atomic mass is 35.5. The molecule has 0 unspecified atom stereocenters. The fraction of sp³-hybridized carbons (Fsp3) is 0.286. The predicted molar refractivity (Wildman–Crippen MR) is 174 cm³/mol. The van der Waals surface area contributed by atoms with Crippen LogP contribution in [-0.4, -0.2) is 26.5 Å². The maximum Gasteiger partial charge on any atom is 0.335 e. The van der Waals surface area contributed by atoms with Gasteiger partial charge in [-0.2, -0.15) is 0 Å². The first kappa shape index (κ1) is 32.7. The van der Waals surface area contributed by atoms with Crippen molar-refractivity contribution in [2.45, 2.75) is 64.6 Å². The number of benzene rings is 3. The summed E-state index contributed by atoms with van der Waals surface area (Å²) in [7, 11) is 0. The molecule has 0 aliphatic rings. The largest absolute Gasteiger partial charge is 0.489 e. The van der Waals surface area contributed by atoms with Gasteiger partial charge in [-0.15, -0.1) is 12.3 Å². The molecule has 3 aromatic carbocycles. The highest BCUT2D eigenvalue weighted by molar-refractivity contribution is 6.36. The van der Waals surface area contributed by atoms with E-state index in [2.05, 4.69) is 22.7 Å². The summed E-state index contributed by atoms with van der Waals surface area (Å²) in [5.41, 5.74) is 3.57. The lowest BCUT2D eigenvalue weighted by molar-refractivity contribution is -0.122. The molecule has 2 N–H and O–H groups in total. The number of carbonyl (C=O) groups is 2. The van der Waals surface area contributed by atoms with E-state index in [4.69, 9.17) is 44.5 Å². The summed E-state index contributed by atoms with van der Waals surface area (Å²) >= 11 is 12.7. The van der Waals surface area contributed by atoms with E-state index in [1.54, 1.807) is 36.4 Å². The first-order valence-electron chi connectivity index (χ1n) is 14.6. The lowest BCUT2D eigenvalue weighted by Crippen LogP contribution is -2.32. The number of rotatable bonds is 15. The number of unbranched alkanes of at least 4 members (excludes halogenated alkanes) is 2. The van der Waals surface area contributed by atoms with E-state index < -0.39 is 12.0 Å². The van der Waals surface area contributed by atoms with Gasteiger partial charge in [-0.3, -0.25) is 4.79 Å². The fourth-order valence-corrected chi connectivity index (χ4v) is 5.24. The Kier molecular flexibility index (Phi) is 11.9. The van der Waals surface area contributed by atoms with Crippen molar-refractivity contribution < 1.29 is 19.4 Å². The van der Waals surface area contributed by atoms with Crippen LogP contribution in [0, 0.1) is 12.3 Å². The number of hydrogen-bond acceptors (Lipinski definition) is 4. The van der Waals surface area contributed by atoms with Gasteiger partial charge in [0, 0.05) is 36.2 Å². The molecule has 0 bridgehead atoms. The second-order valence-electron chi connectivity index (χ2n) is 10.5. The molecule has 4 rings (SSSR count). The van der Waals surface area contributed by atoms with Crippen molar-refractivity contribution in [1.82, 2.24) is 14.9 Å². The number of terminal acetylenes is 1. The van der Waals surface area contributed by atoms with Gasteiger partial charge in [-0.05, 0) is 72.9 Å². The zero-order valence-electron chi connectivity index (χ0n) is 24.6. The summed E-state index contributed by atoms with van der Waals surface area (Å²) in [6.07, 6.45) is 11.3. The van der Waals surface area contributed by atoms with Gasteiger partial charge in [0.1, 0.15) is 18.2 Å². The molecule has 0 saturated heterocycles. The van der Waals surface area contributed by atoms with Crippen LogP contribution in [0.5, 0.6) is 5.75 Å². The van der Waals surface area contributed by atoms with Crippen molar-refractivity contribution in [2.75, 3.05) is 0 Å². The lowest BCUT2D eigenvalue weighted by Gasteiger charge is -2.20. The second kappa shape index (κ2) is 16.0. The highest BCUT2D eigenvalue weighted by Gasteiger charge is 2.23. The van der Waals surface area contributed by atoms with Gasteiger partial charge in [0.2, 0.25) is 5.91 Å². The number of carboxylic acid groups (broad SMARTS) is 1. The first-order chi connectivity index (χ1) is 21.3. The van der Waals surface area contributed by atoms with E-state index in [0.29, 0.717) is 53.8 Å². The number of nitrogens with zero attached hydrogens (tertiary/aromatic N) is 2. The Hall–Kier alpha value is -4.25. The van der Waals surface area contributed by atoms with Crippen molar-refractivity contribution >= 4 is 35.1 Å². The molecule has 4 aromatic rings. The quantitative estimate of drug-likeness (QED) is 0.102. The SMILES string of the molecule is C#CCCCC(=O)N[C@@H](Cc1ccc(OCc2ccc(C(=O)O)cc2)cc1)c1nc(-c2ccc(Cl)cc2Cl)cn1CCCC. The Bertz CT molecular complexity index is 1610. The summed E-state index contributed by atoms with van der Waals surface area (Å²) in [6, 6.07) is 19.2. The third-order valence-electron chi connectivity index (χ3n) is 7.11. The maximum absolute atomic E-state index is 13.0. The molecule has 0 aliphatic heterocycles. The number of imidazole rings is 1. The van der Waals surface area contributed by atoms with Crippen molar-refractivity contribution in [3.05, 3.63) is 105 Å². The van der Waals surface area contributed by atoms with E-state index in [1.165, 1.54) is 0 Å². The summed E-state index contributed by atoms with van der Waals surface area (Å²) in [5.74, 6) is 2.96. The number of nitrogens with one attached hydrogen (secondary N) is 1. The lowest BCUT2D eigenvalue weighted by atomic mass is 10.0. The number of aromatic carboxylic acids is 1. The molecule has 0 spiro atoms. The summed E-state index contributed by atoms with van der Waals surface area (Å²) in [6.45, 7) is 3.18. The maximum atomic E-state index is 13.0. The number of halogens is 2. The van der Waals surface area contributed by atoms with E-state index in [0.717, 1.165) is 41.9 Å². The predicted octanol–water partition coefficient (Wildman–Crippen LogP) is 8.14. The number of aromatic nitrogens is 2. The fourth-order valence-electron chi connectivity index (χ4n) is 4.73. The molecule has 1 atom stereocenters. The number of aryl methyl sites for hydroxylation is 1. The molecular weight excluding hydrogens is 597 g/mol. The van der Waals surface area contributed by atoms with Crippen LogP contribution in [-0.2, 0) is 24.4 Å². The smallest absolute Gasteiger partial charge is 0.335 e. The third-order valence-corrected chi connectivity index (χ3v) is 7.66. The molecule has 228 valence electrons. The Morgan fingerprint density at radius 3 is 2.43 bits per heavy atom. The summed E-state index contributed by atoms with van der Waals surface area (Å²) in [4.78, 5) is 29.1. The molecule has 0 aliphatic carbocycles. The van der Waals surface area contributed by atoms with Crippen LogP contribution in [0.15, 0.2) is 72.9 Å². The van der Waals surface area contributed by atoms with Gasteiger partial charge in [0.05, 0.1) is 22.3 Å². The zero-order valence-corrected chi connectivity index (χ0v) is 26.1. The van der Waals surface area contributed by atoms with Crippen LogP contribution >= 0.6 is 23.2 Å². The minimum absolute atomic E-state index is 0.0877. The minimum Gasteiger partial charge on any atom is -0.489 e. The number of carbonyl (C=O) groups excluding carboxylic acids is 1. The second-order valence-corrected chi connectivity index (χ2v) is 11.3. The van der Waals surface area contributed by atoms with Crippen LogP contribution < -0.4 is 10.1 Å². The molecule has 0 radical (unpaired) electrons. The van der Waals surface area contributed by atoms with Gasteiger partial charge in [0.15, 0.2) is 0 Å². The van der Waals surface area contributed by atoms with E-state index in [9.17, 15) is 9.59 Å². The number of hydrogen-bond donors (Lipinski definition) is 2. The molecule has 0 fully saturated rings. The molecule has 44 heavy (non-hydrogen) atoms. The third kappa shape index (κ3) is 9.12. The Morgan fingerprint density at radius 2 is 1.77 bits per heavy atom. The highest BCUT2D eigenvalue weighted by Crippen LogP contribution is 2.32. The monoisotopic (exact) mass is 631 g/mol. The van der Waals surface area contributed by atoms with Crippen LogP contribution in [0.1, 0.15) is 72.4 Å². The summed E-state index contributed by atoms with van der Waals surface area (Å²) in [5, 5.41) is 13.3. The van der Waals surface area contributed by atoms with Crippen LogP contribution in [0.2, 0.25) is 10.0 Å². The van der Waals surface area contributed by atoms with Gasteiger partial charge in [-0.1, -0.05) is 60.8 Å². The number of ether oxygens (including phenoxy) is 1. The molecule has 0 saturated carbocycles. The average Bonchev–Trinajstić information content (AvgIpc) is 3.43. The Morgan fingerprint density at radius 1 is 1.05 bits per heavy atom. The first-order valence-corrected chi connectivity index (χ1v) is 15.3. The molecule has 1 aromatic heterocycles. The average molecular weight is 633 g/mol. The van der Waals surface area contributed by atoms with E-state index >= 15 is 0 Å². The van der Waals surface area contributed by atoms with Crippen LogP contribution in [0.25, 0.3) is 11.3 Å². The van der Waals surface area contributed by atoms with E-state index in [1.807, 2.05) is 36.5 Å². The standard InChI is InChI=1S/C35H35Cl2N3O4/c1-3-5-7-8-33(41)38-31(34-39-32(22-40(34)19-6-4-2)29-18-15-27(36)21-30(29)37)20-24-11-16-28(17-12-24)44-23-25-9-13-26(14-10-25)35(42)43/h1,9-18,21-22,31H,4-8,19-20,23H2,2H3,(H,38,41)(H,42,43)/t31-/m0/s1. The molecule has 1 heterocycles. The molecule has 9 heteroatoms. The van der Waals surface area contributed by atoms with Crippen molar-refractivity contribution in [2.24, 2.45) is 0 Å². The van der Waals surface area contributed by atoms with Gasteiger partial charge < -0.3 is 19.7 Å².